The van der Waals surface area contributed by atoms with Gasteiger partial charge in [-0.2, -0.15) is 5.10 Å². The number of methoxy groups -OCH3 is 1. The van der Waals surface area contributed by atoms with Crippen LogP contribution in [0, 0.1) is 28.9 Å². The molecule has 0 aliphatic carbocycles. The topological polar surface area (TPSA) is 108 Å². The van der Waals surface area contributed by atoms with Crippen LogP contribution < -0.4 is 9.46 Å². The minimum absolute atomic E-state index is 0.0427. The molecule has 1 aliphatic rings. The molecule has 3 aromatic heterocycles. The summed E-state index contributed by atoms with van der Waals surface area (Å²) in [5, 5.41) is 4.29. The molecule has 12 heteroatoms. The molecule has 4 heterocycles. The van der Waals surface area contributed by atoms with Crippen LogP contribution in [0.1, 0.15) is 18.9 Å². The Morgan fingerprint density at radius 2 is 2.05 bits per heavy atom. The van der Waals surface area contributed by atoms with Crippen molar-refractivity contribution in [3.05, 3.63) is 66.1 Å². The van der Waals surface area contributed by atoms with Crippen molar-refractivity contribution in [1.29, 1.82) is 0 Å². The molecule has 1 aromatic carbocycles. The Labute approximate surface area is 211 Å². The minimum Gasteiger partial charge on any atom is -0.480 e. The number of ether oxygens (including phenoxy) is 2. The number of aromatic nitrogens is 4. The fourth-order valence-electron chi connectivity index (χ4n) is 3.82. The van der Waals surface area contributed by atoms with Gasteiger partial charge in [-0.25, -0.2) is 31.7 Å². The highest BCUT2D eigenvalue weighted by molar-refractivity contribution is 7.92. The molecule has 0 saturated carbocycles. The van der Waals surface area contributed by atoms with E-state index in [0.717, 1.165) is 18.6 Å². The summed E-state index contributed by atoms with van der Waals surface area (Å²) in [4.78, 5) is 8.11. The monoisotopic (exact) mass is 525 g/mol. The van der Waals surface area contributed by atoms with Gasteiger partial charge in [-0.3, -0.25) is 4.72 Å². The van der Waals surface area contributed by atoms with E-state index < -0.39 is 26.6 Å². The Bertz CT molecular complexity index is 1670. The van der Waals surface area contributed by atoms with E-state index in [2.05, 4.69) is 31.6 Å². The van der Waals surface area contributed by atoms with Gasteiger partial charge in [0.2, 0.25) is 5.88 Å². The normalized spacial score (nSPS) is 17.4. The van der Waals surface area contributed by atoms with Crippen LogP contribution >= 0.6 is 0 Å². The standard InChI is InChI=1S/C25H21F2N5O4S/c1-25(8-10-36-15-25)7-5-16-14-29-32-9-6-20(30-23(16)32)17-11-21(24(35-2)28-13-17)31-37(33,34)22-4-3-18(26)12-19(22)27/h3-4,6,9,11-14,31H,8,10,15H2,1-2H3. The third-order valence-electron chi connectivity index (χ3n) is 5.85. The van der Waals surface area contributed by atoms with Crippen LogP contribution in [0.3, 0.4) is 0 Å². The number of halogens is 2. The summed E-state index contributed by atoms with van der Waals surface area (Å²) < 4.78 is 67.6. The number of nitrogens with zero attached hydrogens (tertiary/aromatic N) is 4. The van der Waals surface area contributed by atoms with E-state index in [1.807, 2.05) is 6.92 Å². The van der Waals surface area contributed by atoms with Gasteiger partial charge in [-0.1, -0.05) is 11.8 Å². The summed E-state index contributed by atoms with van der Waals surface area (Å²) in [5.41, 5.74) is 1.78. The van der Waals surface area contributed by atoms with Crippen LogP contribution in [0.5, 0.6) is 5.88 Å². The second-order valence-electron chi connectivity index (χ2n) is 8.71. The molecule has 1 aliphatic heterocycles. The maximum absolute atomic E-state index is 14.2. The summed E-state index contributed by atoms with van der Waals surface area (Å²) in [6, 6.07) is 5.33. The average Bonchev–Trinajstić information content (AvgIpc) is 3.48. The second-order valence-corrected chi connectivity index (χ2v) is 10.4. The zero-order valence-electron chi connectivity index (χ0n) is 19.8. The molecule has 0 spiro atoms. The van der Waals surface area contributed by atoms with Crippen molar-refractivity contribution in [3.8, 4) is 29.0 Å². The zero-order valence-corrected chi connectivity index (χ0v) is 20.6. The summed E-state index contributed by atoms with van der Waals surface area (Å²) in [5.74, 6) is 4.24. The Balaban J connectivity index is 1.51. The molecular formula is C25H21F2N5O4S. The Hall–Kier alpha value is -4.08. The van der Waals surface area contributed by atoms with Crippen LogP contribution in [0.4, 0.5) is 14.5 Å². The SMILES string of the molecule is COc1ncc(-c2ccn3ncc(C#CC4(C)CCOC4)c3n2)cc1NS(=O)(=O)c1ccc(F)cc1F. The molecule has 0 bridgehead atoms. The molecule has 1 atom stereocenters. The second kappa shape index (κ2) is 9.42. The van der Waals surface area contributed by atoms with Crippen LogP contribution in [0.15, 0.2) is 53.8 Å². The van der Waals surface area contributed by atoms with Gasteiger partial charge in [0.1, 0.15) is 22.2 Å². The Morgan fingerprint density at radius 3 is 2.78 bits per heavy atom. The van der Waals surface area contributed by atoms with E-state index in [4.69, 9.17) is 9.47 Å². The van der Waals surface area contributed by atoms with Crippen LogP contribution in [-0.2, 0) is 14.8 Å². The lowest BCUT2D eigenvalue weighted by Gasteiger charge is -2.13. The lowest BCUT2D eigenvalue weighted by molar-refractivity contribution is 0.177. The van der Waals surface area contributed by atoms with Crippen molar-refractivity contribution in [3.63, 3.8) is 0 Å². The van der Waals surface area contributed by atoms with Crippen molar-refractivity contribution < 1.29 is 26.7 Å². The van der Waals surface area contributed by atoms with Gasteiger partial charge in [0.15, 0.2) is 5.65 Å². The number of fused-ring (bicyclic) bond motifs is 1. The highest BCUT2D eigenvalue weighted by Crippen LogP contribution is 2.31. The van der Waals surface area contributed by atoms with E-state index in [0.29, 0.717) is 41.7 Å². The molecule has 1 N–H and O–H groups in total. The van der Waals surface area contributed by atoms with Crippen LogP contribution in [0.2, 0.25) is 0 Å². The van der Waals surface area contributed by atoms with Gasteiger partial charge < -0.3 is 9.47 Å². The minimum atomic E-state index is -4.42. The van der Waals surface area contributed by atoms with Gasteiger partial charge in [0.25, 0.3) is 10.0 Å². The lowest BCUT2D eigenvalue weighted by atomic mass is 9.91. The molecule has 1 unspecified atom stereocenters. The largest absolute Gasteiger partial charge is 0.480 e. The summed E-state index contributed by atoms with van der Waals surface area (Å²) in [6.45, 7) is 3.28. The van der Waals surface area contributed by atoms with E-state index in [-0.39, 0.29) is 17.0 Å². The fourth-order valence-corrected chi connectivity index (χ4v) is 4.93. The molecular weight excluding hydrogens is 504 g/mol. The highest BCUT2D eigenvalue weighted by Gasteiger charge is 2.27. The number of pyridine rings is 1. The Kier molecular flexibility index (Phi) is 6.26. The number of rotatable bonds is 5. The first-order valence-corrected chi connectivity index (χ1v) is 12.6. The van der Waals surface area contributed by atoms with Crippen LogP contribution in [-0.4, -0.2) is 48.3 Å². The van der Waals surface area contributed by atoms with E-state index >= 15 is 0 Å². The number of anilines is 1. The smallest absolute Gasteiger partial charge is 0.264 e. The average molecular weight is 526 g/mol. The fraction of sp³-hybridized carbons (Fsp3) is 0.240. The number of benzene rings is 1. The first-order valence-electron chi connectivity index (χ1n) is 11.2. The van der Waals surface area contributed by atoms with Crippen LogP contribution in [0.25, 0.3) is 16.9 Å². The highest BCUT2D eigenvalue weighted by atomic mass is 32.2. The van der Waals surface area contributed by atoms with Crippen molar-refractivity contribution in [2.45, 2.75) is 18.2 Å². The van der Waals surface area contributed by atoms with Crippen molar-refractivity contribution in [2.24, 2.45) is 5.41 Å². The predicted molar refractivity (Wildman–Crippen MR) is 130 cm³/mol. The molecule has 0 radical (unpaired) electrons. The van der Waals surface area contributed by atoms with Gasteiger partial charge in [-0.15, -0.1) is 0 Å². The molecule has 1 saturated heterocycles. The van der Waals surface area contributed by atoms with E-state index in [1.54, 1.807) is 23.0 Å². The number of hydrogen-bond acceptors (Lipinski definition) is 7. The Morgan fingerprint density at radius 1 is 1.22 bits per heavy atom. The maximum Gasteiger partial charge on any atom is 0.264 e. The first kappa shape index (κ1) is 24.6. The lowest BCUT2D eigenvalue weighted by Crippen LogP contribution is -2.16. The summed E-state index contributed by atoms with van der Waals surface area (Å²) >= 11 is 0. The predicted octanol–water partition coefficient (Wildman–Crippen LogP) is 3.66. The van der Waals surface area contributed by atoms with Gasteiger partial charge in [0.05, 0.1) is 36.6 Å². The number of sulfonamides is 1. The van der Waals surface area contributed by atoms with Crippen molar-refractivity contribution in [1.82, 2.24) is 19.6 Å². The third kappa shape index (κ3) is 4.96. The molecule has 37 heavy (non-hydrogen) atoms. The van der Waals surface area contributed by atoms with Gasteiger partial charge >= 0.3 is 0 Å². The van der Waals surface area contributed by atoms with Gasteiger partial charge in [0, 0.05) is 30.6 Å². The number of hydrogen-bond donors (Lipinski definition) is 1. The maximum atomic E-state index is 14.2. The third-order valence-corrected chi connectivity index (χ3v) is 7.25. The van der Waals surface area contributed by atoms with Gasteiger partial charge in [-0.05, 0) is 37.6 Å². The molecule has 190 valence electrons. The summed E-state index contributed by atoms with van der Waals surface area (Å²) in [7, 11) is -3.11. The van der Waals surface area contributed by atoms with Crippen molar-refractivity contribution >= 4 is 21.4 Å². The first-order chi connectivity index (χ1) is 17.7. The quantitative estimate of drug-likeness (QED) is 0.396. The molecule has 4 aromatic rings. The summed E-state index contributed by atoms with van der Waals surface area (Å²) in [6.07, 6.45) is 5.63. The zero-order chi connectivity index (χ0) is 26.2. The van der Waals surface area contributed by atoms with Crippen molar-refractivity contribution in [2.75, 3.05) is 25.0 Å². The number of nitrogens with one attached hydrogen (secondary N) is 1. The molecule has 1 fully saturated rings. The molecule has 5 rings (SSSR count). The van der Waals surface area contributed by atoms with E-state index in [9.17, 15) is 17.2 Å². The molecule has 9 nitrogen and oxygen atoms in total. The molecule has 0 amide bonds. The van der Waals surface area contributed by atoms with E-state index in [1.165, 1.54) is 19.4 Å².